The van der Waals surface area contributed by atoms with E-state index in [1.165, 1.54) is 32.1 Å². The average Bonchev–Trinajstić information content (AvgIpc) is 2.90. The molecule has 2 unspecified atom stereocenters. The first kappa shape index (κ1) is 13.7. The number of hydrogen-bond donors (Lipinski definition) is 2. The highest BCUT2D eigenvalue weighted by molar-refractivity contribution is 5.74. The highest BCUT2D eigenvalue weighted by atomic mass is 16.2. The van der Waals surface area contributed by atoms with Gasteiger partial charge >= 0.3 is 6.03 Å². The van der Waals surface area contributed by atoms with Crippen LogP contribution >= 0.6 is 0 Å². The fourth-order valence-corrected chi connectivity index (χ4v) is 3.47. The molecule has 2 aliphatic rings. The van der Waals surface area contributed by atoms with Crippen molar-refractivity contribution in [3.8, 4) is 0 Å². The van der Waals surface area contributed by atoms with Gasteiger partial charge in [-0.3, -0.25) is 0 Å². The third-order valence-electron chi connectivity index (χ3n) is 4.67. The van der Waals surface area contributed by atoms with Crippen molar-refractivity contribution in [3.63, 3.8) is 0 Å². The number of carbonyl (C=O) groups excluding carboxylic acids is 1. The van der Waals surface area contributed by atoms with Gasteiger partial charge in [0.25, 0.3) is 0 Å². The Morgan fingerprint density at radius 2 is 1.78 bits per heavy atom. The fourth-order valence-electron chi connectivity index (χ4n) is 3.47. The molecule has 2 fully saturated rings. The molecule has 0 bridgehead atoms. The van der Waals surface area contributed by atoms with Gasteiger partial charge in [0, 0.05) is 19.1 Å². The summed E-state index contributed by atoms with van der Waals surface area (Å²) in [5.41, 5.74) is 5.84. The lowest BCUT2D eigenvalue weighted by Gasteiger charge is -2.37. The summed E-state index contributed by atoms with van der Waals surface area (Å²) in [6.45, 7) is 0.700. The van der Waals surface area contributed by atoms with Gasteiger partial charge in [-0.25, -0.2) is 4.79 Å². The topological polar surface area (TPSA) is 58.4 Å². The number of carbonyl (C=O) groups is 1. The van der Waals surface area contributed by atoms with Gasteiger partial charge in [-0.05, 0) is 38.1 Å². The first-order valence-electron chi connectivity index (χ1n) is 7.45. The molecule has 0 aromatic carbocycles. The van der Waals surface area contributed by atoms with Crippen molar-refractivity contribution in [1.29, 1.82) is 0 Å². The van der Waals surface area contributed by atoms with Crippen molar-refractivity contribution >= 4 is 6.03 Å². The number of nitrogens with two attached hydrogens (primary N) is 1. The maximum absolute atomic E-state index is 12.2. The molecule has 2 aliphatic carbocycles. The minimum Gasteiger partial charge on any atom is -0.335 e. The Kier molecular flexibility index (Phi) is 4.87. The summed E-state index contributed by atoms with van der Waals surface area (Å²) in [4.78, 5) is 14.1. The van der Waals surface area contributed by atoms with Crippen LogP contribution in [0.5, 0.6) is 0 Å². The molecule has 0 saturated heterocycles. The fraction of sp³-hybridized carbons (Fsp3) is 0.929. The lowest BCUT2D eigenvalue weighted by atomic mass is 9.84. The van der Waals surface area contributed by atoms with Gasteiger partial charge < -0.3 is 16.0 Å². The summed E-state index contributed by atoms with van der Waals surface area (Å²) in [7, 11) is 1.93. The van der Waals surface area contributed by atoms with Crippen LogP contribution in [-0.2, 0) is 0 Å². The van der Waals surface area contributed by atoms with E-state index in [-0.39, 0.29) is 6.03 Å². The standard InChI is InChI=1S/C14H27N3O/c1-17(13-9-5-2-6-11(13)10-15)14(18)16-12-7-3-4-8-12/h11-13H,2-10,15H2,1H3,(H,16,18). The number of urea groups is 1. The summed E-state index contributed by atoms with van der Waals surface area (Å²) < 4.78 is 0. The highest BCUT2D eigenvalue weighted by Crippen LogP contribution is 2.27. The second-order valence-electron chi connectivity index (χ2n) is 5.89. The number of hydrogen-bond acceptors (Lipinski definition) is 2. The average molecular weight is 253 g/mol. The maximum Gasteiger partial charge on any atom is 0.317 e. The largest absolute Gasteiger partial charge is 0.335 e. The SMILES string of the molecule is CN(C(=O)NC1CCCC1)C1CCCCC1CN. The lowest BCUT2D eigenvalue weighted by Crippen LogP contribution is -2.51. The Morgan fingerprint density at radius 1 is 1.17 bits per heavy atom. The monoisotopic (exact) mass is 253 g/mol. The molecule has 0 aromatic heterocycles. The molecule has 4 nitrogen and oxygen atoms in total. The van der Waals surface area contributed by atoms with Crippen LogP contribution in [0.3, 0.4) is 0 Å². The van der Waals surface area contributed by atoms with Gasteiger partial charge in [-0.2, -0.15) is 0 Å². The number of amides is 2. The van der Waals surface area contributed by atoms with Crippen molar-refractivity contribution in [1.82, 2.24) is 10.2 Å². The Bertz CT molecular complexity index is 276. The summed E-state index contributed by atoms with van der Waals surface area (Å²) in [5.74, 6) is 0.484. The second kappa shape index (κ2) is 6.41. The minimum atomic E-state index is 0.104. The van der Waals surface area contributed by atoms with E-state index in [9.17, 15) is 4.79 Å². The Morgan fingerprint density at radius 3 is 2.44 bits per heavy atom. The maximum atomic E-state index is 12.2. The van der Waals surface area contributed by atoms with Crippen molar-refractivity contribution in [2.45, 2.75) is 63.5 Å². The first-order chi connectivity index (χ1) is 8.72. The van der Waals surface area contributed by atoms with Gasteiger partial charge in [0.2, 0.25) is 0 Å². The zero-order valence-electron chi connectivity index (χ0n) is 11.5. The van der Waals surface area contributed by atoms with Crippen molar-refractivity contribution in [2.75, 3.05) is 13.6 Å². The van der Waals surface area contributed by atoms with Crippen molar-refractivity contribution < 1.29 is 4.79 Å². The highest BCUT2D eigenvalue weighted by Gasteiger charge is 2.30. The number of nitrogens with zero attached hydrogens (tertiary/aromatic N) is 1. The molecule has 3 N–H and O–H groups in total. The molecule has 0 aliphatic heterocycles. The van der Waals surface area contributed by atoms with E-state index < -0.39 is 0 Å². The molecule has 104 valence electrons. The van der Waals surface area contributed by atoms with Gasteiger partial charge in [0.15, 0.2) is 0 Å². The Labute approximate surface area is 110 Å². The van der Waals surface area contributed by atoms with Crippen LogP contribution in [0.2, 0.25) is 0 Å². The Hall–Kier alpha value is -0.770. The van der Waals surface area contributed by atoms with Crippen molar-refractivity contribution in [2.24, 2.45) is 11.7 Å². The van der Waals surface area contributed by atoms with Crippen LogP contribution in [0.1, 0.15) is 51.4 Å². The van der Waals surface area contributed by atoms with Crippen LogP contribution in [0.4, 0.5) is 4.79 Å². The molecule has 2 saturated carbocycles. The van der Waals surface area contributed by atoms with Crippen LogP contribution in [-0.4, -0.2) is 36.6 Å². The van der Waals surface area contributed by atoms with E-state index in [1.54, 1.807) is 0 Å². The smallest absolute Gasteiger partial charge is 0.317 e. The molecule has 0 radical (unpaired) electrons. The normalized spacial score (nSPS) is 29.2. The van der Waals surface area contributed by atoms with Gasteiger partial charge in [-0.15, -0.1) is 0 Å². The summed E-state index contributed by atoms with van der Waals surface area (Å²) >= 11 is 0. The van der Waals surface area contributed by atoms with E-state index in [2.05, 4.69) is 5.32 Å². The van der Waals surface area contributed by atoms with Crippen molar-refractivity contribution in [3.05, 3.63) is 0 Å². The van der Waals surface area contributed by atoms with E-state index in [0.717, 1.165) is 19.3 Å². The van der Waals surface area contributed by atoms with Crippen LogP contribution in [0.15, 0.2) is 0 Å². The quantitative estimate of drug-likeness (QED) is 0.809. The van der Waals surface area contributed by atoms with E-state index in [1.807, 2.05) is 11.9 Å². The first-order valence-corrected chi connectivity index (χ1v) is 7.45. The molecule has 2 atom stereocenters. The van der Waals surface area contributed by atoms with E-state index in [4.69, 9.17) is 5.73 Å². The lowest BCUT2D eigenvalue weighted by molar-refractivity contribution is 0.138. The molecule has 2 rings (SSSR count). The van der Waals surface area contributed by atoms with Crippen LogP contribution < -0.4 is 11.1 Å². The predicted octanol–water partition coefficient (Wildman–Crippen LogP) is 2.09. The van der Waals surface area contributed by atoms with E-state index >= 15 is 0 Å². The van der Waals surface area contributed by atoms with Crippen LogP contribution in [0, 0.1) is 5.92 Å². The molecule has 0 spiro atoms. The molecule has 4 heteroatoms. The Balaban J connectivity index is 1.87. The molecule has 0 heterocycles. The van der Waals surface area contributed by atoms with Gasteiger partial charge in [-0.1, -0.05) is 25.7 Å². The van der Waals surface area contributed by atoms with Gasteiger partial charge in [0.05, 0.1) is 0 Å². The number of rotatable bonds is 3. The summed E-state index contributed by atoms with van der Waals surface area (Å²) in [6.07, 6.45) is 9.56. The molecular weight excluding hydrogens is 226 g/mol. The third-order valence-corrected chi connectivity index (χ3v) is 4.67. The summed E-state index contributed by atoms with van der Waals surface area (Å²) in [6, 6.07) is 0.845. The summed E-state index contributed by atoms with van der Waals surface area (Å²) in [5, 5.41) is 3.17. The zero-order chi connectivity index (χ0) is 13.0. The molecule has 2 amide bonds. The van der Waals surface area contributed by atoms with Gasteiger partial charge in [0.1, 0.15) is 0 Å². The number of nitrogens with one attached hydrogen (secondary N) is 1. The molecule has 18 heavy (non-hydrogen) atoms. The van der Waals surface area contributed by atoms with Crippen LogP contribution in [0.25, 0.3) is 0 Å². The molecular formula is C14H27N3O. The minimum absolute atomic E-state index is 0.104. The predicted molar refractivity (Wildman–Crippen MR) is 73.4 cm³/mol. The molecule has 0 aromatic rings. The third kappa shape index (κ3) is 3.16. The second-order valence-corrected chi connectivity index (χ2v) is 5.89. The van der Waals surface area contributed by atoms with E-state index in [0.29, 0.717) is 24.5 Å². The zero-order valence-corrected chi connectivity index (χ0v) is 11.5.